The van der Waals surface area contributed by atoms with Gasteiger partial charge in [-0.05, 0) is 86.3 Å². The third-order valence-electron chi connectivity index (χ3n) is 6.47. The van der Waals surface area contributed by atoms with Gasteiger partial charge in [0.25, 0.3) is 20.0 Å². The molecule has 0 saturated carbocycles. The lowest BCUT2D eigenvalue weighted by molar-refractivity contribution is 0.599. The molecule has 37 heavy (non-hydrogen) atoms. The van der Waals surface area contributed by atoms with Crippen LogP contribution in [-0.4, -0.2) is 16.8 Å². The molecule has 0 radical (unpaired) electrons. The second kappa shape index (κ2) is 8.93. The monoisotopic (exact) mass is 534 g/mol. The van der Waals surface area contributed by atoms with Gasteiger partial charge in [-0.15, -0.1) is 0 Å². The molecule has 1 aromatic heterocycles. The topological polar surface area (TPSA) is 105 Å². The van der Waals surface area contributed by atoms with Crippen molar-refractivity contribution in [2.75, 3.05) is 9.44 Å². The number of aryl methyl sites for hydroxylation is 4. The first kappa shape index (κ1) is 24.9. The summed E-state index contributed by atoms with van der Waals surface area (Å²) < 4.78 is 64.3. The van der Waals surface area contributed by atoms with Gasteiger partial charge in [0.2, 0.25) is 0 Å². The molecule has 0 fully saturated rings. The summed E-state index contributed by atoms with van der Waals surface area (Å²) in [4.78, 5) is 0.0968. The summed E-state index contributed by atoms with van der Waals surface area (Å²) in [6.45, 7) is 7.36. The Balaban J connectivity index is 1.57. The Kier molecular flexibility index (Phi) is 6.00. The summed E-state index contributed by atoms with van der Waals surface area (Å²) in [5.41, 5.74) is 5.22. The molecule has 5 aromatic rings. The number of hydrogen-bond acceptors (Lipinski definition) is 5. The molecule has 0 aliphatic carbocycles. The van der Waals surface area contributed by atoms with Crippen LogP contribution in [0, 0.1) is 27.7 Å². The Hall–Kier alpha value is -3.82. The zero-order valence-corrected chi connectivity index (χ0v) is 22.4. The molecule has 0 atom stereocenters. The van der Waals surface area contributed by atoms with Crippen LogP contribution in [0.25, 0.3) is 21.9 Å². The van der Waals surface area contributed by atoms with Crippen LogP contribution in [0.3, 0.4) is 0 Å². The molecule has 5 rings (SSSR count). The smallest absolute Gasteiger partial charge is 0.261 e. The summed E-state index contributed by atoms with van der Waals surface area (Å²) in [5.74, 6) is 0. The summed E-state index contributed by atoms with van der Waals surface area (Å²) in [7, 11) is -7.81. The van der Waals surface area contributed by atoms with Gasteiger partial charge in [-0.1, -0.05) is 36.4 Å². The first-order chi connectivity index (χ1) is 17.5. The van der Waals surface area contributed by atoms with Crippen molar-refractivity contribution in [3.63, 3.8) is 0 Å². The molecule has 190 valence electrons. The molecular formula is C28H26N2O5S2. The number of para-hydroxylation sites is 2. The quantitative estimate of drug-likeness (QED) is 0.261. The van der Waals surface area contributed by atoms with E-state index in [1.165, 1.54) is 24.3 Å². The van der Waals surface area contributed by atoms with Crippen molar-refractivity contribution in [2.24, 2.45) is 0 Å². The molecule has 0 bridgehead atoms. The number of nitrogens with one attached hydrogen (secondary N) is 2. The maximum atomic E-state index is 13.3. The second-order valence-electron chi connectivity index (χ2n) is 9.16. The highest BCUT2D eigenvalue weighted by Gasteiger charge is 2.21. The van der Waals surface area contributed by atoms with Gasteiger partial charge < -0.3 is 4.42 Å². The van der Waals surface area contributed by atoms with Crippen LogP contribution >= 0.6 is 0 Å². The van der Waals surface area contributed by atoms with E-state index in [1.54, 1.807) is 12.1 Å². The minimum absolute atomic E-state index is 0.0484. The summed E-state index contributed by atoms with van der Waals surface area (Å²) in [6.07, 6.45) is 0. The van der Waals surface area contributed by atoms with Crippen LogP contribution in [0.4, 0.5) is 11.4 Å². The van der Waals surface area contributed by atoms with Crippen LogP contribution in [0.2, 0.25) is 0 Å². The fraction of sp³-hybridized carbons (Fsp3) is 0.143. The third-order valence-corrected chi connectivity index (χ3v) is 9.16. The molecule has 1 heterocycles. The lowest BCUT2D eigenvalue weighted by Gasteiger charge is -2.13. The predicted molar refractivity (Wildman–Crippen MR) is 147 cm³/mol. The summed E-state index contributed by atoms with van der Waals surface area (Å²) in [6, 6.07) is 20.2. The normalized spacial score (nSPS) is 12.2. The van der Waals surface area contributed by atoms with E-state index in [2.05, 4.69) is 9.44 Å². The number of fused-ring (bicyclic) bond motifs is 3. The van der Waals surface area contributed by atoms with Crippen LogP contribution in [0.15, 0.2) is 87.0 Å². The summed E-state index contributed by atoms with van der Waals surface area (Å²) >= 11 is 0. The zero-order chi connectivity index (χ0) is 26.5. The third kappa shape index (κ3) is 4.56. The van der Waals surface area contributed by atoms with Crippen LogP contribution in [0.1, 0.15) is 22.3 Å². The first-order valence-corrected chi connectivity index (χ1v) is 14.6. The molecule has 0 amide bonds. The molecule has 2 N–H and O–H groups in total. The standard InChI is InChI=1S/C28H26N2O5S2/c1-17-7-5-8-18(2)27(17)29-36(31,32)21-11-13-25-23(15-21)24-16-22(12-14-26(24)35-25)37(33,34)30-28-19(3)9-6-10-20(28)4/h5-16,29-30H,1-4H3. The van der Waals surface area contributed by atoms with Gasteiger partial charge >= 0.3 is 0 Å². The van der Waals surface area contributed by atoms with E-state index in [4.69, 9.17) is 4.42 Å². The van der Waals surface area contributed by atoms with Gasteiger partial charge in [0, 0.05) is 10.8 Å². The van der Waals surface area contributed by atoms with Gasteiger partial charge in [-0.25, -0.2) is 16.8 Å². The van der Waals surface area contributed by atoms with Crippen molar-refractivity contribution in [3.8, 4) is 0 Å². The van der Waals surface area contributed by atoms with Crippen molar-refractivity contribution in [1.29, 1.82) is 0 Å². The van der Waals surface area contributed by atoms with E-state index in [1.807, 2.05) is 64.1 Å². The number of rotatable bonds is 6. The van der Waals surface area contributed by atoms with E-state index < -0.39 is 20.0 Å². The highest BCUT2D eigenvalue weighted by molar-refractivity contribution is 7.93. The van der Waals surface area contributed by atoms with Crippen LogP contribution in [0.5, 0.6) is 0 Å². The largest absolute Gasteiger partial charge is 0.456 e. The van der Waals surface area contributed by atoms with Crippen molar-refractivity contribution < 1.29 is 21.3 Å². The molecule has 7 nitrogen and oxygen atoms in total. The maximum absolute atomic E-state index is 13.3. The molecule has 0 unspecified atom stereocenters. The lowest BCUT2D eigenvalue weighted by atomic mass is 10.1. The number of furan rings is 1. The molecule has 0 aliphatic rings. The molecular weight excluding hydrogens is 508 g/mol. The van der Waals surface area contributed by atoms with Crippen LogP contribution in [-0.2, 0) is 20.0 Å². The lowest BCUT2D eigenvalue weighted by Crippen LogP contribution is -2.14. The molecule has 0 aliphatic heterocycles. The van der Waals surface area contributed by atoms with Crippen molar-refractivity contribution >= 4 is 53.4 Å². The summed E-state index contributed by atoms with van der Waals surface area (Å²) in [5, 5.41) is 1.01. The second-order valence-corrected chi connectivity index (χ2v) is 12.5. The van der Waals surface area contributed by atoms with Crippen molar-refractivity contribution in [2.45, 2.75) is 37.5 Å². The van der Waals surface area contributed by atoms with Crippen molar-refractivity contribution in [3.05, 3.63) is 95.1 Å². The van der Waals surface area contributed by atoms with Gasteiger partial charge in [0.15, 0.2) is 0 Å². The van der Waals surface area contributed by atoms with Gasteiger partial charge in [0.05, 0.1) is 21.2 Å². The Bertz CT molecular complexity index is 1730. The zero-order valence-electron chi connectivity index (χ0n) is 20.8. The van der Waals surface area contributed by atoms with Crippen molar-refractivity contribution in [1.82, 2.24) is 0 Å². The van der Waals surface area contributed by atoms with E-state index in [9.17, 15) is 16.8 Å². The Morgan fingerprint density at radius 2 is 0.892 bits per heavy atom. The van der Waals surface area contributed by atoms with E-state index >= 15 is 0 Å². The number of benzene rings is 4. The van der Waals surface area contributed by atoms with Crippen LogP contribution < -0.4 is 9.44 Å². The maximum Gasteiger partial charge on any atom is 0.261 e. The highest BCUT2D eigenvalue weighted by Crippen LogP contribution is 2.34. The van der Waals surface area contributed by atoms with Gasteiger partial charge in [0.1, 0.15) is 11.2 Å². The van der Waals surface area contributed by atoms with Gasteiger partial charge in [-0.2, -0.15) is 0 Å². The van der Waals surface area contributed by atoms with E-state index in [0.29, 0.717) is 33.3 Å². The Labute approximate surface area is 216 Å². The fourth-order valence-corrected chi connectivity index (χ4v) is 6.86. The number of hydrogen-bond donors (Lipinski definition) is 2. The highest BCUT2D eigenvalue weighted by atomic mass is 32.2. The SMILES string of the molecule is Cc1cccc(C)c1NS(=O)(=O)c1ccc2oc3ccc(S(=O)(=O)Nc4c(C)cccc4C)cc3c2c1. The fourth-order valence-electron chi connectivity index (χ4n) is 4.41. The Morgan fingerprint density at radius 3 is 1.24 bits per heavy atom. The molecule has 9 heteroatoms. The van der Waals surface area contributed by atoms with Gasteiger partial charge in [-0.3, -0.25) is 9.44 Å². The minimum Gasteiger partial charge on any atom is -0.456 e. The number of sulfonamides is 2. The van der Waals surface area contributed by atoms with E-state index in [0.717, 1.165) is 22.3 Å². The van der Waals surface area contributed by atoms with E-state index in [-0.39, 0.29) is 9.79 Å². The number of anilines is 2. The average Bonchev–Trinajstić information content (AvgIpc) is 3.21. The Morgan fingerprint density at radius 1 is 0.541 bits per heavy atom. The first-order valence-electron chi connectivity index (χ1n) is 11.6. The average molecular weight is 535 g/mol. The minimum atomic E-state index is -3.91. The molecule has 4 aromatic carbocycles. The predicted octanol–water partition coefficient (Wildman–Crippen LogP) is 6.42. The molecule has 0 spiro atoms. The molecule has 0 saturated heterocycles.